The van der Waals surface area contributed by atoms with Gasteiger partial charge in [-0.1, -0.05) is 42.5 Å². The highest BCUT2D eigenvalue weighted by molar-refractivity contribution is 5.13. The number of rotatable bonds is 10. The van der Waals surface area contributed by atoms with E-state index < -0.39 is 30.7 Å². The van der Waals surface area contributed by atoms with Crippen molar-refractivity contribution in [1.29, 1.82) is 0 Å². The van der Waals surface area contributed by atoms with Crippen molar-refractivity contribution in [3.05, 3.63) is 61.2 Å². The minimum Gasteiger partial charge on any atom is -0.377 e. The molecule has 3 saturated heterocycles. The van der Waals surface area contributed by atoms with E-state index in [4.69, 9.17) is 52.1 Å². The van der Waals surface area contributed by atoms with Crippen LogP contribution >= 0.6 is 0 Å². The van der Waals surface area contributed by atoms with E-state index in [9.17, 15) is 0 Å². The molecule has 3 aliphatic heterocycles. The van der Waals surface area contributed by atoms with Crippen molar-refractivity contribution in [3.8, 4) is 0 Å². The summed E-state index contributed by atoms with van der Waals surface area (Å²) in [6.45, 7) is 14.0. The Morgan fingerprint density at radius 3 is 1.69 bits per heavy atom. The summed E-state index contributed by atoms with van der Waals surface area (Å²) in [6.07, 6.45) is 0.447. The zero-order valence-corrected chi connectivity index (χ0v) is 24.6. The molecule has 42 heavy (non-hydrogen) atoms. The molecule has 11 heteroatoms. The van der Waals surface area contributed by atoms with Crippen LogP contribution in [0.5, 0.6) is 0 Å². The summed E-state index contributed by atoms with van der Waals surface area (Å²) >= 11 is 0. The molecule has 0 N–H and O–H groups in total. The third kappa shape index (κ3) is 13.7. The van der Waals surface area contributed by atoms with Gasteiger partial charge in [0, 0.05) is 0 Å². The molecular weight excluding hydrogens is 548 g/mol. The van der Waals surface area contributed by atoms with Crippen LogP contribution in [0, 0.1) is 0 Å². The first-order chi connectivity index (χ1) is 20.8. The summed E-state index contributed by atoms with van der Waals surface area (Å²) in [5.74, 6) is 0. The monoisotopic (exact) mass is 596 g/mol. The van der Waals surface area contributed by atoms with Gasteiger partial charge in [0.2, 0.25) is 0 Å². The molecule has 3 fully saturated rings. The molecular formula is C31H48O11. The van der Waals surface area contributed by atoms with Crippen LogP contribution in [0.4, 0.5) is 0 Å². The number of hydrogen-bond donors (Lipinski definition) is 0. The van der Waals surface area contributed by atoms with Crippen LogP contribution in [-0.2, 0) is 58.7 Å². The molecule has 4 rings (SSSR count). The second kappa shape index (κ2) is 22.8. The van der Waals surface area contributed by atoms with E-state index in [1.807, 2.05) is 30.3 Å². The number of ether oxygens (including phenoxy) is 11. The normalized spacial score (nSPS) is 28.1. The quantitative estimate of drug-likeness (QED) is 0.294. The Labute approximate surface area is 249 Å². The minimum atomic E-state index is -0.753. The van der Waals surface area contributed by atoms with E-state index in [-0.39, 0.29) is 19.8 Å². The van der Waals surface area contributed by atoms with E-state index in [1.165, 1.54) is 0 Å². The lowest BCUT2D eigenvalue weighted by Crippen LogP contribution is -2.62. The molecule has 1 aromatic carbocycles. The Balaban J connectivity index is 1.71. The van der Waals surface area contributed by atoms with Crippen LogP contribution in [0.2, 0.25) is 0 Å². The van der Waals surface area contributed by atoms with Gasteiger partial charge in [0.15, 0.2) is 6.29 Å². The minimum absolute atomic E-state index is 0.256. The maximum Gasteiger partial charge on any atom is 0.187 e. The molecule has 0 spiro atoms. The van der Waals surface area contributed by atoms with Crippen molar-refractivity contribution < 1.29 is 52.1 Å². The van der Waals surface area contributed by atoms with Gasteiger partial charge in [0.25, 0.3) is 0 Å². The predicted octanol–water partition coefficient (Wildman–Crippen LogP) is 2.57. The molecule has 0 aliphatic carbocycles. The fraction of sp³-hybridized carbons (Fsp3) is 0.677. The molecule has 3 aliphatic rings. The molecule has 238 valence electrons. The fourth-order valence-electron chi connectivity index (χ4n) is 4.39. The van der Waals surface area contributed by atoms with Crippen molar-refractivity contribution >= 4 is 0 Å². The molecule has 3 heterocycles. The van der Waals surface area contributed by atoms with Gasteiger partial charge in [0.05, 0.1) is 106 Å². The zero-order chi connectivity index (χ0) is 29.5. The maximum absolute atomic E-state index is 6.44. The number of benzene rings is 1. The summed E-state index contributed by atoms with van der Waals surface area (Å²) < 4.78 is 65.4. The Morgan fingerprint density at radius 2 is 1.14 bits per heavy atom. The van der Waals surface area contributed by atoms with Crippen molar-refractivity contribution in [2.75, 3.05) is 99.1 Å². The van der Waals surface area contributed by atoms with Crippen LogP contribution in [-0.4, -0.2) is 130 Å². The largest absolute Gasteiger partial charge is 0.377 e. The summed E-state index contributed by atoms with van der Waals surface area (Å²) in [4.78, 5) is 0. The molecule has 0 radical (unpaired) electrons. The Hall–Kier alpha value is -1.74. The van der Waals surface area contributed by atoms with Gasteiger partial charge >= 0.3 is 0 Å². The van der Waals surface area contributed by atoms with Crippen LogP contribution in [0.15, 0.2) is 55.6 Å². The van der Waals surface area contributed by atoms with Crippen molar-refractivity contribution in [2.24, 2.45) is 0 Å². The summed E-state index contributed by atoms with van der Waals surface area (Å²) in [5.41, 5.74) is 1.06. The van der Waals surface area contributed by atoms with E-state index in [0.717, 1.165) is 5.56 Å². The van der Waals surface area contributed by atoms with Gasteiger partial charge in [-0.25, -0.2) is 0 Å². The molecule has 0 unspecified atom stereocenters. The smallest absolute Gasteiger partial charge is 0.187 e. The average Bonchev–Trinajstić information content (AvgIpc) is 3.01. The first-order valence-corrected chi connectivity index (χ1v) is 14.7. The maximum atomic E-state index is 6.44. The SMILES string of the molecule is C=CCO[C@@H]1[C@@H](OCC=C)[C@H]2OCCOCCOCCOCCOCCOCCO[C@@H]1[C@@H](COCc1ccccc1)O2. The van der Waals surface area contributed by atoms with Crippen molar-refractivity contribution in [2.45, 2.75) is 37.3 Å². The van der Waals surface area contributed by atoms with Crippen LogP contribution < -0.4 is 0 Å². The second-order valence-corrected chi connectivity index (χ2v) is 9.48. The third-order valence-electron chi connectivity index (χ3n) is 6.33. The van der Waals surface area contributed by atoms with Crippen molar-refractivity contribution in [3.63, 3.8) is 0 Å². The van der Waals surface area contributed by atoms with E-state index in [0.29, 0.717) is 85.9 Å². The molecule has 2 bridgehead atoms. The van der Waals surface area contributed by atoms with Gasteiger partial charge in [-0.15, -0.1) is 13.2 Å². The summed E-state index contributed by atoms with van der Waals surface area (Å²) in [6, 6.07) is 9.96. The van der Waals surface area contributed by atoms with E-state index >= 15 is 0 Å². The van der Waals surface area contributed by atoms with Crippen LogP contribution in [0.25, 0.3) is 0 Å². The molecule has 0 amide bonds. The number of hydrogen-bond acceptors (Lipinski definition) is 11. The molecule has 5 atom stereocenters. The highest BCUT2D eigenvalue weighted by Crippen LogP contribution is 2.29. The standard InChI is InChI=1S/C31H48O11/c1-3-10-38-29-28-27(25-37-24-26-8-6-5-7-9-26)42-31(30(29)39-11-4-2)41-23-21-36-19-17-34-15-13-32-12-14-33-16-18-35-20-22-40-28/h3-9,27-31H,1-2,10-25H2/t27-,28-,29+,30-,31+/m1/s1. The molecule has 0 aromatic heterocycles. The van der Waals surface area contributed by atoms with Gasteiger partial charge in [-0.05, 0) is 5.56 Å². The van der Waals surface area contributed by atoms with Gasteiger partial charge in [0.1, 0.15) is 24.4 Å². The third-order valence-corrected chi connectivity index (χ3v) is 6.33. The van der Waals surface area contributed by atoms with E-state index in [2.05, 4.69) is 13.2 Å². The van der Waals surface area contributed by atoms with E-state index in [1.54, 1.807) is 12.2 Å². The first-order valence-electron chi connectivity index (χ1n) is 14.7. The zero-order valence-electron chi connectivity index (χ0n) is 24.6. The highest BCUT2D eigenvalue weighted by Gasteiger charge is 2.48. The molecule has 1 aromatic rings. The van der Waals surface area contributed by atoms with Crippen LogP contribution in [0.3, 0.4) is 0 Å². The van der Waals surface area contributed by atoms with Gasteiger partial charge in [-0.2, -0.15) is 0 Å². The second-order valence-electron chi connectivity index (χ2n) is 9.48. The summed E-state index contributed by atoms with van der Waals surface area (Å²) in [7, 11) is 0. The molecule has 0 saturated carbocycles. The highest BCUT2D eigenvalue weighted by atomic mass is 16.7. The van der Waals surface area contributed by atoms with Gasteiger partial charge < -0.3 is 52.1 Å². The predicted molar refractivity (Wildman–Crippen MR) is 154 cm³/mol. The van der Waals surface area contributed by atoms with Gasteiger partial charge in [-0.3, -0.25) is 0 Å². The Kier molecular flexibility index (Phi) is 18.8. The first kappa shape index (κ1) is 34.7. The lowest BCUT2D eigenvalue weighted by molar-refractivity contribution is -0.323. The Bertz CT molecular complexity index is 811. The lowest BCUT2D eigenvalue weighted by Gasteiger charge is -2.45. The Morgan fingerprint density at radius 1 is 0.643 bits per heavy atom. The fourth-order valence-corrected chi connectivity index (χ4v) is 4.39. The summed E-state index contributed by atoms with van der Waals surface area (Å²) in [5, 5.41) is 0. The lowest BCUT2D eigenvalue weighted by atomic mass is 9.98. The van der Waals surface area contributed by atoms with Crippen LogP contribution in [0.1, 0.15) is 5.56 Å². The number of fused-ring (bicyclic) bond motifs is 20. The molecule has 11 nitrogen and oxygen atoms in total. The topological polar surface area (TPSA) is 102 Å². The average molecular weight is 597 g/mol. The van der Waals surface area contributed by atoms with Crippen molar-refractivity contribution in [1.82, 2.24) is 0 Å².